The first-order chi connectivity index (χ1) is 9.74. The van der Waals surface area contributed by atoms with E-state index in [4.69, 9.17) is 0 Å². The Kier molecular flexibility index (Phi) is 3.48. The predicted octanol–water partition coefficient (Wildman–Crippen LogP) is 3.98. The van der Waals surface area contributed by atoms with Crippen molar-refractivity contribution in [2.75, 3.05) is 0 Å². The van der Waals surface area contributed by atoms with Crippen molar-refractivity contribution in [3.8, 4) is 0 Å². The van der Waals surface area contributed by atoms with Gasteiger partial charge in [-0.05, 0) is 25.1 Å². The molecule has 0 bridgehead atoms. The molecule has 0 aliphatic heterocycles. The average Bonchev–Trinajstić information content (AvgIpc) is 2.48. The van der Waals surface area contributed by atoms with Gasteiger partial charge in [-0.15, -0.1) is 0 Å². The number of Topliss-reactive ketones (excluding diaryl/α,β-unsaturated/α-hetero) is 1. The number of nitrogens with zero attached hydrogens (tertiary/aromatic N) is 2. The molecule has 0 N–H and O–H groups in total. The third-order valence-corrected chi connectivity index (χ3v) is 4.01. The lowest BCUT2D eigenvalue weighted by Gasteiger charge is -2.05. The molecule has 98 valence electrons. The quantitative estimate of drug-likeness (QED) is 0.537. The Morgan fingerprint density at radius 1 is 1.00 bits per heavy atom. The van der Waals surface area contributed by atoms with E-state index in [0.29, 0.717) is 0 Å². The van der Waals surface area contributed by atoms with E-state index in [-0.39, 0.29) is 5.78 Å². The first-order valence-electron chi connectivity index (χ1n) is 6.22. The van der Waals surface area contributed by atoms with E-state index < -0.39 is 0 Å². The van der Waals surface area contributed by atoms with E-state index in [1.807, 2.05) is 48.5 Å². The Balaban J connectivity index is 1.95. The van der Waals surface area contributed by atoms with Crippen LogP contribution in [0.4, 0.5) is 0 Å². The van der Waals surface area contributed by atoms with Crippen LogP contribution >= 0.6 is 11.8 Å². The van der Waals surface area contributed by atoms with Gasteiger partial charge in [0.25, 0.3) is 0 Å². The summed E-state index contributed by atoms with van der Waals surface area (Å²) in [6.45, 7) is 1.57. The SMILES string of the molecule is CC(=O)c1ccc(Sc2ncnc3ccccc23)cc1. The van der Waals surface area contributed by atoms with E-state index in [1.54, 1.807) is 25.0 Å². The molecular formula is C16H12N2OS. The van der Waals surface area contributed by atoms with Gasteiger partial charge < -0.3 is 0 Å². The average molecular weight is 280 g/mol. The molecule has 3 aromatic rings. The van der Waals surface area contributed by atoms with Gasteiger partial charge in [0.05, 0.1) is 5.52 Å². The van der Waals surface area contributed by atoms with E-state index in [0.717, 1.165) is 26.4 Å². The number of rotatable bonds is 3. The Morgan fingerprint density at radius 2 is 1.75 bits per heavy atom. The number of carbonyl (C=O) groups excluding carboxylic acids is 1. The molecule has 0 fully saturated rings. The topological polar surface area (TPSA) is 42.9 Å². The van der Waals surface area contributed by atoms with Crippen LogP contribution in [-0.2, 0) is 0 Å². The molecule has 3 rings (SSSR count). The summed E-state index contributed by atoms with van der Waals surface area (Å²) in [5, 5.41) is 1.96. The highest BCUT2D eigenvalue weighted by atomic mass is 32.2. The molecule has 0 amide bonds. The standard InChI is InChI=1S/C16H12N2OS/c1-11(19)12-6-8-13(9-7-12)20-16-14-4-2-3-5-15(14)17-10-18-16/h2-10H,1H3. The van der Waals surface area contributed by atoms with Crippen molar-refractivity contribution in [2.24, 2.45) is 0 Å². The van der Waals surface area contributed by atoms with E-state index >= 15 is 0 Å². The summed E-state index contributed by atoms with van der Waals surface area (Å²) >= 11 is 1.58. The number of para-hydroxylation sites is 1. The van der Waals surface area contributed by atoms with Gasteiger partial charge in [-0.3, -0.25) is 4.79 Å². The van der Waals surface area contributed by atoms with Gasteiger partial charge in [-0.2, -0.15) is 0 Å². The van der Waals surface area contributed by atoms with Crippen LogP contribution in [0.25, 0.3) is 10.9 Å². The minimum Gasteiger partial charge on any atom is -0.295 e. The lowest BCUT2D eigenvalue weighted by atomic mass is 10.2. The molecule has 0 atom stereocenters. The maximum Gasteiger partial charge on any atom is 0.159 e. The molecule has 0 saturated heterocycles. The number of ketones is 1. The zero-order valence-corrected chi connectivity index (χ0v) is 11.7. The fraction of sp³-hybridized carbons (Fsp3) is 0.0625. The summed E-state index contributed by atoms with van der Waals surface area (Å²) in [5.74, 6) is 0.0778. The summed E-state index contributed by atoms with van der Waals surface area (Å²) in [6, 6.07) is 15.5. The minimum atomic E-state index is 0.0778. The summed E-state index contributed by atoms with van der Waals surface area (Å²) in [5.41, 5.74) is 1.66. The van der Waals surface area contributed by atoms with Crippen LogP contribution in [0.5, 0.6) is 0 Å². The number of hydrogen-bond donors (Lipinski definition) is 0. The molecule has 0 unspecified atom stereocenters. The molecule has 2 aromatic carbocycles. The second kappa shape index (κ2) is 5.43. The third-order valence-electron chi connectivity index (χ3n) is 2.98. The fourth-order valence-corrected chi connectivity index (χ4v) is 2.81. The molecule has 20 heavy (non-hydrogen) atoms. The Labute approximate surface area is 121 Å². The van der Waals surface area contributed by atoms with Gasteiger partial charge in [0.1, 0.15) is 11.4 Å². The van der Waals surface area contributed by atoms with Gasteiger partial charge in [-0.25, -0.2) is 9.97 Å². The van der Waals surface area contributed by atoms with Gasteiger partial charge in [0.15, 0.2) is 5.78 Å². The van der Waals surface area contributed by atoms with Crippen LogP contribution in [0, 0.1) is 0 Å². The van der Waals surface area contributed by atoms with Gasteiger partial charge in [0.2, 0.25) is 0 Å². The zero-order valence-electron chi connectivity index (χ0n) is 10.9. The number of fused-ring (bicyclic) bond motifs is 1. The molecule has 0 spiro atoms. The smallest absolute Gasteiger partial charge is 0.159 e. The molecule has 0 radical (unpaired) electrons. The second-order valence-corrected chi connectivity index (χ2v) is 5.44. The summed E-state index contributed by atoms with van der Waals surface area (Å²) in [4.78, 5) is 20.9. The van der Waals surface area contributed by atoms with Crippen LogP contribution in [0.1, 0.15) is 17.3 Å². The van der Waals surface area contributed by atoms with Crippen molar-refractivity contribution in [3.05, 3.63) is 60.4 Å². The lowest BCUT2D eigenvalue weighted by molar-refractivity contribution is 0.101. The highest BCUT2D eigenvalue weighted by molar-refractivity contribution is 7.99. The van der Waals surface area contributed by atoms with Crippen molar-refractivity contribution >= 4 is 28.4 Å². The Bertz CT molecular complexity index is 764. The molecule has 3 nitrogen and oxygen atoms in total. The summed E-state index contributed by atoms with van der Waals surface area (Å²) in [6.07, 6.45) is 1.58. The molecule has 0 aliphatic rings. The third kappa shape index (κ3) is 2.56. The molecule has 0 aliphatic carbocycles. The van der Waals surface area contributed by atoms with Crippen LogP contribution in [0.15, 0.2) is 64.8 Å². The zero-order chi connectivity index (χ0) is 13.9. The maximum absolute atomic E-state index is 11.3. The fourth-order valence-electron chi connectivity index (χ4n) is 1.93. The maximum atomic E-state index is 11.3. The van der Waals surface area contributed by atoms with Crippen LogP contribution in [0.3, 0.4) is 0 Å². The van der Waals surface area contributed by atoms with Crippen LogP contribution in [0.2, 0.25) is 0 Å². The normalized spacial score (nSPS) is 10.7. The van der Waals surface area contributed by atoms with Crippen LogP contribution < -0.4 is 0 Å². The molecule has 1 aromatic heterocycles. The Hall–Kier alpha value is -2.20. The number of hydrogen-bond acceptors (Lipinski definition) is 4. The van der Waals surface area contributed by atoms with Crippen molar-refractivity contribution in [3.63, 3.8) is 0 Å². The number of aromatic nitrogens is 2. The van der Waals surface area contributed by atoms with E-state index in [1.165, 1.54) is 0 Å². The number of benzene rings is 2. The van der Waals surface area contributed by atoms with Crippen LogP contribution in [-0.4, -0.2) is 15.8 Å². The second-order valence-electron chi connectivity index (χ2n) is 4.38. The minimum absolute atomic E-state index is 0.0778. The molecule has 4 heteroatoms. The van der Waals surface area contributed by atoms with E-state index in [2.05, 4.69) is 9.97 Å². The largest absolute Gasteiger partial charge is 0.295 e. The van der Waals surface area contributed by atoms with E-state index in [9.17, 15) is 4.79 Å². The Morgan fingerprint density at radius 3 is 2.50 bits per heavy atom. The van der Waals surface area contributed by atoms with Crippen molar-refractivity contribution < 1.29 is 4.79 Å². The molecule has 0 saturated carbocycles. The first kappa shape index (κ1) is 12.8. The van der Waals surface area contributed by atoms with Gasteiger partial charge in [-0.1, -0.05) is 42.1 Å². The predicted molar refractivity (Wildman–Crippen MR) is 80.1 cm³/mol. The first-order valence-corrected chi connectivity index (χ1v) is 7.04. The van der Waals surface area contributed by atoms with Crippen molar-refractivity contribution in [2.45, 2.75) is 16.8 Å². The van der Waals surface area contributed by atoms with Gasteiger partial charge >= 0.3 is 0 Å². The van der Waals surface area contributed by atoms with Gasteiger partial charge in [0, 0.05) is 15.8 Å². The summed E-state index contributed by atoms with van der Waals surface area (Å²) in [7, 11) is 0. The monoisotopic (exact) mass is 280 g/mol. The number of carbonyl (C=O) groups is 1. The lowest BCUT2D eigenvalue weighted by Crippen LogP contribution is -1.91. The molecular weight excluding hydrogens is 268 g/mol. The van der Waals surface area contributed by atoms with Crippen molar-refractivity contribution in [1.29, 1.82) is 0 Å². The highest BCUT2D eigenvalue weighted by Crippen LogP contribution is 2.30. The highest BCUT2D eigenvalue weighted by Gasteiger charge is 2.06. The molecule has 1 heterocycles. The summed E-state index contributed by atoms with van der Waals surface area (Å²) < 4.78 is 0. The van der Waals surface area contributed by atoms with Crippen molar-refractivity contribution in [1.82, 2.24) is 9.97 Å².